The summed E-state index contributed by atoms with van der Waals surface area (Å²) in [5.41, 5.74) is 7.41. The van der Waals surface area contributed by atoms with Crippen molar-refractivity contribution in [2.45, 2.75) is 44.6 Å². The average Bonchev–Trinajstić information content (AvgIpc) is 2.56. The van der Waals surface area contributed by atoms with Gasteiger partial charge in [-0.05, 0) is 36.5 Å². The third-order valence-corrected chi connectivity index (χ3v) is 4.29. The monoisotopic (exact) mass is 271 g/mol. The first-order valence-corrected chi connectivity index (χ1v) is 7.14. The van der Waals surface area contributed by atoms with Crippen LogP contribution >= 0.6 is 23.2 Å². The summed E-state index contributed by atoms with van der Waals surface area (Å²) in [7, 11) is 0. The van der Waals surface area contributed by atoms with Gasteiger partial charge in [-0.15, -0.1) is 0 Å². The highest BCUT2D eigenvalue weighted by atomic mass is 35.5. The molecule has 1 aliphatic rings. The first-order chi connectivity index (χ1) is 8.18. The van der Waals surface area contributed by atoms with Crippen LogP contribution in [0.4, 0.5) is 0 Å². The van der Waals surface area contributed by atoms with Crippen LogP contribution in [0, 0.1) is 5.92 Å². The lowest BCUT2D eigenvalue weighted by Gasteiger charge is -2.23. The second-order valence-electron chi connectivity index (χ2n) is 4.94. The summed E-state index contributed by atoms with van der Waals surface area (Å²) in [5.74, 6) is 0.566. The standard InChI is InChI=1S/C14H19Cl2N/c15-11-7-8-12(13(16)9-11)14(17)10-5-3-1-2-4-6-10/h7-10,14H,1-6,17H2. The Kier molecular flexibility index (Phi) is 4.72. The Hall–Kier alpha value is -0.240. The molecule has 1 saturated carbocycles. The predicted molar refractivity (Wildman–Crippen MR) is 74.6 cm³/mol. The molecule has 2 N–H and O–H groups in total. The first-order valence-electron chi connectivity index (χ1n) is 6.39. The maximum atomic E-state index is 6.36. The number of hydrogen-bond donors (Lipinski definition) is 1. The molecule has 1 fully saturated rings. The van der Waals surface area contributed by atoms with E-state index in [2.05, 4.69) is 0 Å². The lowest BCUT2D eigenvalue weighted by molar-refractivity contribution is 0.382. The van der Waals surface area contributed by atoms with Crippen LogP contribution in [0.1, 0.15) is 50.1 Å². The zero-order valence-corrected chi connectivity index (χ0v) is 11.5. The molecule has 17 heavy (non-hydrogen) atoms. The van der Waals surface area contributed by atoms with Crippen molar-refractivity contribution in [3.05, 3.63) is 33.8 Å². The zero-order chi connectivity index (χ0) is 12.3. The van der Waals surface area contributed by atoms with Gasteiger partial charge in [0.2, 0.25) is 0 Å². The summed E-state index contributed by atoms with van der Waals surface area (Å²) in [5, 5.41) is 1.38. The molecule has 0 saturated heterocycles. The van der Waals surface area contributed by atoms with Crippen molar-refractivity contribution in [2.75, 3.05) is 0 Å². The number of hydrogen-bond acceptors (Lipinski definition) is 1. The number of nitrogens with two attached hydrogens (primary N) is 1. The molecule has 0 heterocycles. The van der Waals surface area contributed by atoms with Gasteiger partial charge in [-0.25, -0.2) is 0 Å². The number of rotatable bonds is 2. The van der Waals surface area contributed by atoms with Crippen LogP contribution in [0.5, 0.6) is 0 Å². The molecule has 0 aliphatic heterocycles. The van der Waals surface area contributed by atoms with Crippen molar-refractivity contribution in [2.24, 2.45) is 11.7 Å². The van der Waals surface area contributed by atoms with Crippen LogP contribution in [0.15, 0.2) is 18.2 Å². The molecule has 1 aromatic rings. The highest BCUT2D eigenvalue weighted by Gasteiger charge is 2.22. The summed E-state index contributed by atoms with van der Waals surface area (Å²) in [6, 6.07) is 5.69. The van der Waals surface area contributed by atoms with E-state index in [1.165, 1.54) is 38.5 Å². The van der Waals surface area contributed by atoms with Gasteiger partial charge in [0.05, 0.1) is 0 Å². The van der Waals surface area contributed by atoms with E-state index in [0.717, 1.165) is 5.56 Å². The van der Waals surface area contributed by atoms with Gasteiger partial charge in [0, 0.05) is 16.1 Å². The van der Waals surface area contributed by atoms with Crippen LogP contribution in [0.2, 0.25) is 10.0 Å². The van der Waals surface area contributed by atoms with E-state index < -0.39 is 0 Å². The van der Waals surface area contributed by atoms with E-state index >= 15 is 0 Å². The molecule has 0 amide bonds. The summed E-state index contributed by atoms with van der Waals surface area (Å²) < 4.78 is 0. The van der Waals surface area contributed by atoms with Crippen LogP contribution in [0.25, 0.3) is 0 Å². The average molecular weight is 272 g/mol. The van der Waals surface area contributed by atoms with Crippen molar-refractivity contribution in [1.29, 1.82) is 0 Å². The van der Waals surface area contributed by atoms with Gasteiger partial charge in [0.15, 0.2) is 0 Å². The summed E-state index contributed by atoms with van der Waals surface area (Å²) in [6.07, 6.45) is 7.72. The quantitative estimate of drug-likeness (QED) is 0.756. The smallest absolute Gasteiger partial charge is 0.0468 e. The molecular formula is C14H19Cl2N. The van der Waals surface area contributed by atoms with Crippen molar-refractivity contribution >= 4 is 23.2 Å². The largest absolute Gasteiger partial charge is 0.324 e. The fourth-order valence-electron chi connectivity index (χ4n) is 2.70. The van der Waals surface area contributed by atoms with E-state index in [-0.39, 0.29) is 6.04 Å². The van der Waals surface area contributed by atoms with E-state index in [4.69, 9.17) is 28.9 Å². The van der Waals surface area contributed by atoms with E-state index in [1.807, 2.05) is 12.1 Å². The highest BCUT2D eigenvalue weighted by molar-refractivity contribution is 6.35. The fourth-order valence-corrected chi connectivity index (χ4v) is 3.23. The predicted octanol–water partition coefficient (Wildman–Crippen LogP) is 4.96. The van der Waals surface area contributed by atoms with Gasteiger partial charge in [-0.1, -0.05) is 55.0 Å². The minimum absolute atomic E-state index is 0.0536. The first kappa shape index (κ1) is 13.2. The second kappa shape index (κ2) is 6.08. The minimum atomic E-state index is 0.0536. The second-order valence-corrected chi connectivity index (χ2v) is 5.79. The lowest BCUT2D eigenvalue weighted by Crippen LogP contribution is -2.21. The number of halogens is 2. The van der Waals surface area contributed by atoms with Gasteiger partial charge in [0.25, 0.3) is 0 Å². The third-order valence-electron chi connectivity index (χ3n) is 3.73. The van der Waals surface area contributed by atoms with Crippen molar-refractivity contribution in [3.63, 3.8) is 0 Å². The molecular weight excluding hydrogens is 253 g/mol. The summed E-state index contributed by atoms with van der Waals surface area (Å²) >= 11 is 12.1. The van der Waals surface area contributed by atoms with Crippen molar-refractivity contribution < 1.29 is 0 Å². The van der Waals surface area contributed by atoms with Crippen LogP contribution in [-0.4, -0.2) is 0 Å². The molecule has 0 bridgehead atoms. The fraction of sp³-hybridized carbons (Fsp3) is 0.571. The molecule has 3 heteroatoms. The molecule has 2 rings (SSSR count). The van der Waals surface area contributed by atoms with Crippen LogP contribution in [-0.2, 0) is 0 Å². The van der Waals surface area contributed by atoms with Gasteiger partial charge in [0.1, 0.15) is 0 Å². The normalized spacial score (nSPS) is 19.9. The molecule has 94 valence electrons. The van der Waals surface area contributed by atoms with Crippen LogP contribution < -0.4 is 5.73 Å². The molecule has 0 aromatic heterocycles. The Morgan fingerprint density at radius 3 is 2.29 bits per heavy atom. The summed E-state index contributed by atoms with van der Waals surface area (Å²) in [6.45, 7) is 0. The lowest BCUT2D eigenvalue weighted by atomic mass is 9.88. The zero-order valence-electron chi connectivity index (χ0n) is 9.96. The third kappa shape index (κ3) is 3.37. The Morgan fingerprint density at radius 1 is 1.06 bits per heavy atom. The molecule has 0 spiro atoms. The van der Waals surface area contributed by atoms with E-state index in [0.29, 0.717) is 16.0 Å². The van der Waals surface area contributed by atoms with E-state index in [9.17, 15) is 0 Å². The number of benzene rings is 1. The highest BCUT2D eigenvalue weighted by Crippen LogP contribution is 2.35. The Bertz CT molecular complexity index is 370. The Morgan fingerprint density at radius 2 is 1.71 bits per heavy atom. The maximum absolute atomic E-state index is 6.36. The Labute approximate surface area is 113 Å². The van der Waals surface area contributed by atoms with E-state index in [1.54, 1.807) is 6.07 Å². The van der Waals surface area contributed by atoms with Crippen molar-refractivity contribution in [1.82, 2.24) is 0 Å². The SMILES string of the molecule is NC(c1ccc(Cl)cc1Cl)C1CCCCCC1. The molecule has 0 radical (unpaired) electrons. The van der Waals surface area contributed by atoms with Gasteiger partial charge in [-0.2, -0.15) is 0 Å². The topological polar surface area (TPSA) is 26.0 Å². The Balaban J connectivity index is 2.14. The molecule has 1 atom stereocenters. The van der Waals surface area contributed by atoms with Crippen LogP contribution in [0.3, 0.4) is 0 Å². The minimum Gasteiger partial charge on any atom is -0.324 e. The van der Waals surface area contributed by atoms with Gasteiger partial charge in [-0.3, -0.25) is 0 Å². The van der Waals surface area contributed by atoms with Gasteiger partial charge >= 0.3 is 0 Å². The van der Waals surface area contributed by atoms with Gasteiger partial charge < -0.3 is 5.73 Å². The molecule has 1 aromatic carbocycles. The van der Waals surface area contributed by atoms with Crippen molar-refractivity contribution in [3.8, 4) is 0 Å². The molecule has 1 nitrogen and oxygen atoms in total. The maximum Gasteiger partial charge on any atom is 0.0468 e. The summed E-state index contributed by atoms with van der Waals surface area (Å²) in [4.78, 5) is 0. The molecule has 1 unspecified atom stereocenters. The molecule has 1 aliphatic carbocycles.